The SMILES string of the molecule is C[C@@H](NC(=O)N[C@@H]1C[C@H]1c1ccc(F)cc1)c1nnnn1C1CC1. The maximum atomic E-state index is 13.0. The molecule has 1 aromatic carbocycles. The molecular formula is C16H19FN6O. The predicted molar refractivity (Wildman–Crippen MR) is 83.7 cm³/mol. The van der Waals surface area contributed by atoms with Crippen molar-refractivity contribution in [3.63, 3.8) is 0 Å². The summed E-state index contributed by atoms with van der Waals surface area (Å²) in [5.41, 5.74) is 1.05. The first-order valence-corrected chi connectivity index (χ1v) is 8.22. The molecule has 0 spiro atoms. The fraction of sp³-hybridized carbons (Fsp3) is 0.500. The third-order valence-electron chi connectivity index (χ3n) is 4.55. The smallest absolute Gasteiger partial charge is 0.315 e. The van der Waals surface area contributed by atoms with Crippen LogP contribution in [0.1, 0.15) is 55.6 Å². The third kappa shape index (κ3) is 3.08. The number of hydrogen-bond acceptors (Lipinski definition) is 4. The van der Waals surface area contributed by atoms with Crippen molar-refractivity contribution in [2.75, 3.05) is 0 Å². The van der Waals surface area contributed by atoms with Gasteiger partial charge in [0, 0.05) is 12.0 Å². The molecule has 2 amide bonds. The van der Waals surface area contributed by atoms with Crippen molar-refractivity contribution in [3.05, 3.63) is 41.5 Å². The van der Waals surface area contributed by atoms with E-state index in [0.717, 1.165) is 24.8 Å². The van der Waals surface area contributed by atoms with E-state index in [-0.39, 0.29) is 29.8 Å². The minimum Gasteiger partial charge on any atom is -0.335 e. The van der Waals surface area contributed by atoms with Crippen LogP contribution in [0.15, 0.2) is 24.3 Å². The molecule has 0 bridgehead atoms. The molecule has 3 atom stereocenters. The Hall–Kier alpha value is -2.51. The first-order valence-electron chi connectivity index (χ1n) is 8.22. The molecule has 1 aromatic heterocycles. The van der Waals surface area contributed by atoms with E-state index >= 15 is 0 Å². The molecule has 2 aliphatic carbocycles. The summed E-state index contributed by atoms with van der Waals surface area (Å²) < 4.78 is 14.7. The van der Waals surface area contributed by atoms with Gasteiger partial charge < -0.3 is 10.6 Å². The van der Waals surface area contributed by atoms with E-state index in [1.165, 1.54) is 12.1 Å². The standard InChI is InChI=1S/C16H19FN6O/c1-9(15-20-21-22-23(15)12-6-7-12)18-16(24)19-14-8-13(14)10-2-4-11(17)5-3-10/h2-5,9,12-14H,6-8H2,1H3,(H2,18,19,24)/t9-,13+,14-/m1/s1. The van der Waals surface area contributed by atoms with Crippen LogP contribution >= 0.6 is 0 Å². The van der Waals surface area contributed by atoms with Crippen LogP contribution < -0.4 is 10.6 Å². The van der Waals surface area contributed by atoms with E-state index in [1.54, 1.807) is 16.8 Å². The predicted octanol–water partition coefficient (Wildman–Crippen LogP) is 2.06. The lowest BCUT2D eigenvalue weighted by molar-refractivity contribution is 0.236. The summed E-state index contributed by atoms with van der Waals surface area (Å²) >= 11 is 0. The Bertz CT molecular complexity index is 741. The van der Waals surface area contributed by atoms with Gasteiger partial charge >= 0.3 is 6.03 Å². The average molecular weight is 330 g/mol. The van der Waals surface area contributed by atoms with Gasteiger partial charge in [-0.2, -0.15) is 0 Å². The molecule has 7 nitrogen and oxygen atoms in total. The summed E-state index contributed by atoms with van der Waals surface area (Å²) in [6, 6.07) is 6.40. The van der Waals surface area contributed by atoms with Crippen LogP contribution in [0.2, 0.25) is 0 Å². The van der Waals surface area contributed by atoms with Gasteiger partial charge in [-0.15, -0.1) is 5.10 Å². The molecule has 4 rings (SSSR count). The monoisotopic (exact) mass is 330 g/mol. The number of carbonyl (C=O) groups is 1. The van der Waals surface area contributed by atoms with Crippen LogP contribution in [0.4, 0.5) is 9.18 Å². The van der Waals surface area contributed by atoms with Gasteiger partial charge in [0.25, 0.3) is 0 Å². The highest BCUT2D eigenvalue weighted by Crippen LogP contribution is 2.40. The number of carbonyl (C=O) groups excluding carboxylic acids is 1. The topological polar surface area (TPSA) is 84.7 Å². The largest absolute Gasteiger partial charge is 0.335 e. The second-order valence-electron chi connectivity index (χ2n) is 6.55. The fourth-order valence-electron chi connectivity index (χ4n) is 2.97. The number of amides is 2. The van der Waals surface area contributed by atoms with Gasteiger partial charge in [-0.1, -0.05) is 12.1 Å². The number of nitrogens with one attached hydrogen (secondary N) is 2. The molecule has 2 aromatic rings. The molecule has 8 heteroatoms. The lowest BCUT2D eigenvalue weighted by Crippen LogP contribution is -2.39. The summed E-state index contributed by atoms with van der Waals surface area (Å²) in [5, 5.41) is 17.6. The number of nitrogens with zero attached hydrogens (tertiary/aromatic N) is 4. The summed E-state index contributed by atoms with van der Waals surface area (Å²) in [6.07, 6.45) is 3.03. The molecule has 0 saturated heterocycles. The van der Waals surface area contributed by atoms with Crippen LogP contribution in [-0.4, -0.2) is 32.3 Å². The minimum atomic E-state index is -0.261. The van der Waals surface area contributed by atoms with Crippen molar-refractivity contribution >= 4 is 6.03 Å². The fourth-order valence-corrected chi connectivity index (χ4v) is 2.97. The third-order valence-corrected chi connectivity index (χ3v) is 4.55. The van der Waals surface area contributed by atoms with E-state index in [4.69, 9.17) is 0 Å². The molecule has 126 valence electrons. The Morgan fingerprint density at radius 3 is 2.79 bits per heavy atom. The second kappa shape index (κ2) is 5.85. The molecule has 2 fully saturated rings. The van der Waals surface area contributed by atoms with Crippen molar-refractivity contribution in [1.82, 2.24) is 30.8 Å². The van der Waals surface area contributed by atoms with E-state index in [0.29, 0.717) is 11.9 Å². The van der Waals surface area contributed by atoms with Gasteiger partial charge in [0.05, 0.1) is 12.1 Å². The number of aromatic nitrogens is 4. The maximum absolute atomic E-state index is 13.0. The molecule has 2 aliphatic rings. The van der Waals surface area contributed by atoms with E-state index in [1.807, 2.05) is 6.92 Å². The minimum absolute atomic E-state index is 0.0853. The van der Waals surface area contributed by atoms with Crippen molar-refractivity contribution in [3.8, 4) is 0 Å². The van der Waals surface area contributed by atoms with E-state index in [9.17, 15) is 9.18 Å². The second-order valence-corrected chi connectivity index (χ2v) is 6.55. The first-order chi connectivity index (χ1) is 11.6. The molecule has 0 aliphatic heterocycles. The van der Waals surface area contributed by atoms with Crippen molar-refractivity contribution in [2.24, 2.45) is 0 Å². The number of halogens is 1. The highest BCUT2D eigenvalue weighted by atomic mass is 19.1. The van der Waals surface area contributed by atoms with Gasteiger partial charge in [0.15, 0.2) is 5.82 Å². The van der Waals surface area contributed by atoms with Crippen molar-refractivity contribution < 1.29 is 9.18 Å². The Kier molecular flexibility index (Phi) is 3.66. The van der Waals surface area contributed by atoms with Gasteiger partial charge in [-0.05, 0) is 54.3 Å². The van der Waals surface area contributed by atoms with E-state index < -0.39 is 0 Å². The average Bonchev–Trinajstić information content (AvgIpc) is 3.48. The lowest BCUT2D eigenvalue weighted by atomic mass is 10.1. The van der Waals surface area contributed by atoms with Crippen LogP contribution in [0, 0.1) is 5.82 Å². The molecule has 2 saturated carbocycles. The Morgan fingerprint density at radius 1 is 1.33 bits per heavy atom. The summed E-state index contributed by atoms with van der Waals surface area (Å²) in [4.78, 5) is 12.2. The van der Waals surface area contributed by atoms with E-state index in [2.05, 4.69) is 26.2 Å². The summed E-state index contributed by atoms with van der Waals surface area (Å²) in [5.74, 6) is 0.686. The zero-order valence-electron chi connectivity index (χ0n) is 13.3. The van der Waals surface area contributed by atoms with Crippen molar-refractivity contribution in [2.45, 2.75) is 50.2 Å². The van der Waals surface area contributed by atoms with Crippen LogP contribution in [0.5, 0.6) is 0 Å². The number of hydrogen-bond donors (Lipinski definition) is 2. The van der Waals surface area contributed by atoms with Crippen molar-refractivity contribution in [1.29, 1.82) is 0 Å². The zero-order valence-corrected chi connectivity index (χ0v) is 13.3. The molecule has 1 heterocycles. The highest BCUT2D eigenvalue weighted by Gasteiger charge is 2.39. The molecule has 0 unspecified atom stereocenters. The van der Waals surface area contributed by atoms with Gasteiger partial charge in [-0.25, -0.2) is 13.9 Å². The number of benzene rings is 1. The Labute approximate surface area is 138 Å². The highest BCUT2D eigenvalue weighted by molar-refractivity contribution is 5.75. The zero-order chi connectivity index (χ0) is 16.7. The van der Waals surface area contributed by atoms with Gasteiger partial charge in [0.1, 0.15) is 5.82 Å². The first kappa shape index (κ1) is 15.0. The van der Waals surface area contributed by atoms with Gasteiger partial charge in [-0.3, -0.25) is 0 Å². The molecule has 0 radical (unpaired) electrons. The van der Waals surface area contributed by atoms with Crippen LogP contribution in [0.25, 0.3) is 0 Å². The number of rotatable bonds is 5. The lowest BCUT2D eigenvalue weighted by Gasteiger charge is -2.14. The van der Waals surface area contributed by atoms with Gasteiger partial charge in [0.2, 0.25) is 0 Å². The number of tetrazole rings is 1. The Morgan fingerprint density at radius 2 is 2.08 bits per heavy atom. The molecule has 24 heavy (non-hydrogen) atoms. The molecule has 2 N–H and O–H groups in total. The van der Waals surface area contributed by atoms with Crippen LogP contribution in [0.3, 0.4) is 0 Å². The maximum Gasteiger partial charge on any atom is 0.315 e. The quantitative estimate of drug-likeness (QED) is 0.879. The number of urea groups is 1. The summed E-state index contributed by atoms with van der Waals surface area (Å²) in [6.45, 7) is 1.87. The summed E-state index contributed by atoms with van der Waals surface area (Å²) in [7, 11) is 0. The van der Waals surface area contributed by atoms with Crippen LogP contribution in [-0.2, 0) is 0 Å². The normalized spacial score (nSPS) is 23.6. The molecular weight excluding hydrogens is 311 g/mol. The Balaban J connectivity index is 1.31.